The molecule has 0 radical (unpaired) electrons. The van der Waals surface area contributed by atoms with E-state index in [0.29, 0.717) is 30.8 Å². The molecule has 3 rings (SSSR count). The van der Waals surface area contributed by atoms with Gasteiger partial charge in [-0.3, -0.25) is 9.59 Å². The second-order valence-corrected chi connectivity index (χ2v) is 8.09. The monoisotopic (exact) mass is 426 g/mol. The molecule has 0 aromatic heterocycles. The van der Waals surface area contributed by atoms with Gasteiger partial charge in [0.05, 0.1) is 6.42 Å². The first-order valence-electron chi connectivity index (χ1n) is 9.94. The third-order valence-corrected chi connectivity index (χ3v) is 5.61. The third kappa shape index (κ3) is 6.81. The van der Waals surface area contributed by atoms with Crippen LogP contribution < -0.4 is 16.0 Å². The van der Waals surface area contributed by atoms with Gasteiger partial charge in [-0.1, -0.05) is 30.3 Å². The van der Waals surface area contributed by atoms with Crippen molar-refractivity contribution >= 4 is 35.3 Å². The molecule has 3 N–H and O–H groups in total. The maximum absolute atomic E-state index is 12.3. The summed E-state index contributed by atoms with van der Waals surface area (Å²) in [5.41, 5.74) is 2.15. The quantitative estimate of drug-likeness (QED) is 0.593. The van der Waals surface area contributed by atoms with E-state index in [-0.39, 0.29) is 17.8 Å². The second-order valence-electron chi connectivity index (χ2n) is 6.87. The maximum Gasteiger partial charge on any atom is 0.319 e. The van der Waals surface area contributed by atoms with Crippen LogP contribution >= 0.6 is 11.8 Å². The summed E-state index contributed by atoms with van der Waals surface area (Å²) in [6.45, 7) is 2.27. The number of thioether (sulfide) groups is 1. The normalized spacial score (nSPS) is 13.4. The fraction of sp³-hybridized carbons (Fsp3) is 0.318. The Morgan fingerprint density at radius 3 is 2.23 bits per heavy atom. The van der Waals surface area contributed by atoms with Crippen LogP contribution in [0.25, 0.3) is 0 Å². The van der Waals surface area contributed by atoms with E-state index in [1.54, 1.807) is 36.4 Å². The molecule has 0 spiro atoms. The van der Waals surface area contributed by atoms with Gasteiger partial charge in [0.2, 0.25) is 5.91 Å². The maximum atomic E-state index is 12.3. The Labute approximate surface area is 180 Å². The van der Waals surface area contributed by atoms with Gasteiger partial charge >= 0.3 is 6.03 Å². The van der Waals surface area contributed by atoms with Crippen LogP contribution in [0.1, 0.15) is 15.9 Å². The lowest BCUT2D eigenvalue weighted by atomic mass is 10.1. The average Bonchev–Trinajstić information content (AvgIpc) is 2.79. The highest BCUT2D eigenvalue weighted by Gasteiger charge is 2.16. The van der Waals surface area contributed by atoms with Crippen molar-refractivity contribution in [2.24, 2.45) is 0 Å². The molecule has 1 fully saturated rings. The fourth-order valence-corrected chi connectivity index (χ4v) is 3.93. The Kier molecular flexibility index (Phi) is 8.14. The van der Waals surface area contributed by atoms with Crippen molar-refractivity contribution in [1.29, 1.82) is 0 Å². The van der Waals surface area contributed by atoms with E-state index in [1.807, 2.05) is 34.9 Å². The number of urea groups is 1. The van der Waals surface area contributed by atoms with Crippen LogP contribution in [-0.2, 0) is 11.2 Å². The first kappa shape index (κ1) is 21.7. The van der Waals surface area contributed by atoms with E-state index >= 15 is 0 Å². The van der Waals surface area contributed by atoms with E-state index in [0.717, 1.165) is 30.2 Å². The smallest absolute Gasteiger partial charge is 0.319 e. The van der Waals surface area contributed by atoms with Crippen LogP contribution in [0.5, 0.6) is 0 Å². The zero-order chi connectivity index (χ0) is 21.2. The number of hydrogen-bond acceptors (Lipinski definition) is 4. The summed E-state index contributed by atoms with van der Waals surface area (Å²) in [6, 6.07) is 15.8. The lowest BCUT2D eigenvalue weighted by Crippen LogP contribution is -2.38. The van der Waals surface area contributed by atoms with E-state index < -0.39 is 0 Å². The summed E-state index contributed by atoms with van der Waals surface area (Å²) >= 11 is 1.88. The molecule has 7 nitrogen and oxygen atoms in total. The van der Waals surface area contributed by atoms with Crippen molar-refractivity contribution in [3.05, 3.63) is 65.7 Å². The van der Waals surface area contributed by atoms with Gasteiger partial charge in [0, 0.05) is 48.9 Å². The van der Waals surface area contributed by atoms with Crippen molar-refractivity contribution < 1.29 is 14.4 Å². The standard InChI is InChI=1S/C22H26N4O3S/c27-20(26-12-14-30-15-13-26)16-17-6-8-19(9-7-17)25-22(29)24-11-10-23-21(28)18-4-2-1-3-5-18/h1-9H,10-16H2,(H,23,28)(H2,24,25,29). The number of anilines is 1. The number of rotatable bonds is 7. The summed E-state index contributed by atoms with van der Waals surface area (Å²) in [5.74, 6) is 1.97. The van der Waals surface area contributed by atoms with E-state index in [9.17, 15) is 14.4 Å². The molecule has 158 valence electrons. The largest absolute Gasteiger partial charge is 0.350 e. The van der Waals surface area contributed by atoms with Gasteiger partial charge in [-0.25, -0.2) is 4.79 Å². The highest BCUT2D eigenvalue weighted by Crippen LogP contribution is 2.13. The molecule has 2 aromatic carbocycles. The van der Waals surface area contributed by atoms with Gasteiger partial charge in [-0.05, 0) is 29.8 Å². The molecule has 1 aliphatic heterocycles. The van der Waals surface area contributed by atoms with Crippen LogP contribution in [0.15, 0.2) is 54.6 Å². The molecule has 8 heteroatoms. The van der Waals surface area contributed by atoms with Gasteiger partial charge < -0.3 is 20.9 Å². The predicted molar refractivity (Wildman–Crippen MR) is 120 cm³/mol. The molecule has 1 saturated heterocycles. The minimum Gasteiger partial charge on any atom is -0.350 e. The number of amides is 4. The highest BCUT2D eigenvalue weighted by molar-refractivity contribution is 7.99. The summed E-state index contributed by atoms with van der Waals surface area (Å²) in [4.78, 5) is 38.2. The van der Waals surface area contributed by atoms with Crippen LogP contribution in [-0.4, -0.2) is 60.4 Å². The Morgan fingerprint density at radius 1 is 0.867 bits per heavy atom. The first-order valence-corrected chi connectivity index (χ1v) is 11.1. The molecule has 0 bridgehead atoms. The molecule has 0 saturated carbocycles. The molecule has 1 heterocycles. The van der Waals surface area contributed by atoms with Crippen LogP contribution in [0.2, 0.25) is 0 Å². The Bertz CT molecular complexity index is 852. The molecule has 0 unspecified atom stereocenters. The van der Waals surface area contributed by atoms with Crippen molar-refractivity contribution in [3.8, 4) is 0 Å². The summed E-state index contributed by atoms with van der Waals surface area (Å²) in [7, 11) is 0. The molecule has 30 heavy (non-hydrogen) atoms. The van der Waals surface area contributed by atoms with Crippen molar-refractivity contribution in [1.82, 2.24) is 15.5 Å². The lowest BCUT2D eigenvalue weighted by Gasteiger charge is -2.26. The number of nitrogens with one attached hydrogen (secondary N) is 3. The number of benzene rings is 2. The Hall–Kier alpha value is -3.00. The van der Waals surface area contributed by atoms with Crippen LogP contribution in [0, 0.1) is 0 Å². The third-order valence-electron chi connectivity index (χ3n) is 4.66. The molecule has 0 aliphatic carbocycles. The van der Waals surface area contributed by atoms with E-state index in [2.05, 4.69) is 16.0 Å². The average molecular weight is 427 g/mol. The highest BCUT2D eigenvalue weighted by atomic mass is 32.2. The SMILES string of the molecule is O=C(NCCNC(=O)c1ccccc1)Nc1ccc(CC(=O)N2CCSCC2)cc1. The molecular weight excluding hydrogens is 400 g/mol. The van der Waals surface area contributed by atoms with Gasteiger partial charge in [0.15, 0.2) is 0 Å². The second kappa shape index (κ2) is 11.3. The lowest BCUT2D eigenvalue weighted by molar-refractivity contribution is -0.130. The predicted octanol–water partition coefficient (Wildman–Crippen LogP) is 2.36. The number of carbonyl (C=O) groups excluding carboxylic acids is 3. The number of carbonyl (C=O) groups is 3. The van der Waals surface area contributed by atoms with Gasteiger partial charge in [-0.15, -0.1) is 0 Å². The minimum absolute atomic E-state index is 0.145. The molecule has 4 amide bonds. The zero-order valence-electron chi connectivity index (χ0n) is 16.7. The van der Waals surface area contributed by atoms with Crippen LogP contribution in [0.4, 0.5) is 10.5 Å². The van der Waals surface area contributed by atoms with E-state index in [1.165, 1.54) is 0 Å². The van der Waals surface area contributed by atoms with Gasteiger partial charge in [0.25, 0.3) is 5.91 Å². The van der Waals surface area contributed by atoms with Crippen molar-refractivity contribution in [2.75, 3.05) is 43.0 Å². The molecule has 0 atom stereocenters. The summed E-state index contributed by atoms with van der Waals surface area (Å²) < 4.78 is 0. The number of nitrogens with zero attached hydrogens (tertiary/aromatic N) is 1. The molecule has 2 aromatic rings. The first-order chi connectivity index (χ1) is 14.6. The Morgan fingerprint density at radius 2 is 1.53 bits per heavy atom. The van der Waals surface area contributed by atoms with E-state index in [4.69, 9.17) is 0 Å². The summed E-state index contributed by atoms with van der Waals surface area (Å²) in [5, 5.41) is 8.20. The fourth-order valence-electron chi connectivity index (χ4n) is 3.02. The summed E-state index contributed by atoms with van der Waals surface area (Å²) in [6.07, 6.45) is 0.373. The molecular formula is C22H26N4O3S. The topological polar surface area (TPSA) is 90.5 Å². The minimum atomic E-state index is -0.349. The van der Waals surface area contributed by atoms with Crippen molar-refractivity contribution in [3.63, 3.8) is 0 Å². The molecule has 1 aliphatic rings. The van der Waals surface area contributed by atoms with Crippen molar-refractivity contribution in [2.45, 2.75) is 6.42 Å². The zero-order valence-corrected chi connectivity index (χ0v) is 17.5. The Balaban J connectivity index is 1.36. The number of hydrogen-bond donors (Lipinski definition) is 3. The van der Waals surface area contributed by atoms with Crippen LogP contribution in [0.3, 0.4) is 0 Å². The van der Waals surface area contributed by atoms with Gasteiger partial charge in [-0.2, -0.15) is 11.8 Å². The van der Waals surface area contributed by atoms with Gasteiger partial charge in [0.1, 0.15) is 0 Å².